The number of carbonyl (C=O) groups is 1. The van der Waals surface area contributed by atoms with Crippen molar-refractivity contribution in [2.24, 2.45) is 0 Å². The summed E-state index contributed by atoms with van der Waals surface area (Å²) < 4.78 is 0. The fourth-order valence-electron chi connectivity index (χ4n) is 2.48. The van der Waals surface area contributed by atoms with Gasteiger partial charge in [0.15, 0.2) is 0 Å². The third kappa shape index (κ3) is 3.24. The van der Waals surface area contributed by atoms with Crippen LogP contribution in [0, 0.1) is 6.92 Å². The lowest BCUT2D eigenvalue weighted by molar-refractivity contribution is 0.0785. The smallest absolute Gasteiger partial charge is 0.257 e. The monoisotopic (exact) mass is 322 g/mol. The van der Waals surface area contributed by atoms with Crippen molar-refractivity contribution < 1.29 is 4.79 Å². The Morgan fingerprint density at radius 2 is 2.17 bits per heavy atom. The largest absolute Gasteiger partial charge is 0.368 e. The summed E-state index contributed by atoms with van der Waals surface area (Å²) in [6.07, 6.45) is 4.75. The van der Waals surface area contributed by atoms with Gasteiger partial charge in [-0.1, -0.05) is 12.1 Å². The number of aromatic amines is 1. The van der Waals surface area contributed by atoms with Crippen molar-refractivity contribution in [1.82, 2.24) is 25.1 Å². The standard InChI is InChI=1S/C17H18N6O/c1-11-7-12(15-5-6-19-17(18)22-15)3-4-13(11)10-23(2)16(24)14-8-20-21-9-14/h3-9H,10H2,1-2H3,(H,20,21)(H2,18,19,22). The fourth-order valence-corrected chi connectivity index (χ4v) is 2.48. The number of aromatic nitrogens is 4. The van der Waals surface area contributed by atoms with E-state index in [1.165, 1.54) is 6.20 Å². The van der Waals surface area contributed by atoms with E-state index in [-0.39, 0.29) is 11.9 Å². The van der Waals surface area contributed by atoms with Crippen LogP contribution in [0.4, 0.5) is 5.95 Å². The van der Waals surface area contributed by atoms with E-state index in [1.54, 1.807) is 24.3 Å². The molecule has 0 saturated carbocycles. The van der Waals surface area contributed by atoms with E-state index < -0.39 is 0 Å². The second kappa shape index (κ2) is 6.49. The van der Waals surface area contributed by atoms with Gasteiger partial charge in [-0.25, -0.2) is 9.97 Å². The molecule has 0 radical (unpaired) electrons. The minimum absolute atomic E-state index is 0.0733. The van der Waals surface area contributed by atoms with Crippen LogP contribution in [0.5, 0.6) is 0 Å². The lowest BCUT2D eigenvalue weighted by Crippen LogP contribution is -2.26. The topological polar surface area (TPSA) is 101 Å². The minimum atomic E-state index is -0.0733. The first-order chi connectivity index (χ1) is 11.5. The quantitative estimate of drug-likeness (QED) is 0.765. The Bertz CT molecular complexity index is 859. The number of nitrogens with one attached hydrogen (secondary N) is 1. The van der Waals surface area contributed by atoms with Gasteiger partial charge >= 0.3 is 0 Å². The van der Waals surface area contributed by atoms with Gasteiger partial charge in [0, 0.05) is 31.5 Å². The van der Waals surface area contributed by atoms with Crippen molar-refractivity contribution in [3.05, 3.63) is 59.5 Å². The third-order valence-corrected chi connectivity index (χ3v) is 3.81. The molecule has 0 atom stereocenters. The molecule has 2 heterocycles. The maximum Gasteiger partial charge on any atom is 0.257 e. The summed E-state index contributed by atoms with van der Waals surface area (Å²) in [5, 5.41) is 6.46. The molecule has 122 valence electrons. The van der Waals surface area contributed by atoms with Gasteiger partial charge in [-0.15, -0.1) is 0 Å². The van der Waals surface area contributed by atoms with Crippen molar-refractivity contribution in [1.29, 1.82) is 0 Å². The number of hydrogen-bond donors (Lipinski definition) is 2. The van der Waals surface area contributed by atoms with Crippen LogP contribution in [0.1, 0.15) is 21.5 Å². The molecule has 7 nitrogen and oxygen atoms in total. The van der Waals surface area contributed by atoms with Gasteiger partial charge < -0.3 is 10.6 Å². The van der Waals surface area contributed by atoms with E-state index in [0.717, 1.165) is 22.4 Å². The van der Waals surface area contributed by atoms with Crippen LogP contribution < -0.4 is 5.73 Å². The highest BCUT2D eigenvalue weighted by Crippen LogP contribution is 2.22. The second-order valence-electron chi connectivity index (χ2n) is 5.59. The average molecular weight is 322 g/mol. The number of H-pyrrole nitrogens is 1. The summed E-state index contributed by atoms with van der Waals surface area (Å²) in [5.41, 5.74) is 10.1. The Labute approximate surface area is 139 Å². The van der Waals surface area contributed by atoms with E-state index in [9.17, 15) is 4.79 Å². The third-order valence-electron chi connectivity index (χ3n) is 3.81. The Morgan fingerprint density at radius 3 is 2.83 bits per heavy atom. The zero-order valence-electron chi connectivity index (χ0n) is 13.5. The number of anilines is 1. The molecule has 0 unspecified atom stereocenters. The summed E-state index contributed by atoms with van der Waals surface area (Å²) in [4.78, 5) is 22.1. The number of rotatable bonds is 4. The molecule has 7 heteroatoms. The molecule has 1 aromatic carbocycles. The minimum Gasteiger partial charge on any atom is -0.368 e. The number of hydrogen-bond acceptors (Lipinski definition) is 5. The maximum absolute atomic E-state index is 12.3. The Kier molecular flexibility index (Phi) is 4.24. The Hall–Kier alpha value is -3.22. The second-order valence-corrected chi connectivity index (χ2v) is 5.59. The number of nitrogens with zero attached hydrogens (tertiary/aromatic N) is 4. The molecule has 3 rings (SSSR count). The zero-order valence-corrected chi connectivity index (χ0v) is 13.5. The predicted molar refractivity (Wildman–Crippen MR) is 91.0 cm³/mol. The highest BCUT2D eigenvalue weighted by Gasteiger charge is 2.14. The predicted octanol–water partition coefficient (Wildman–Crippen LogP) is 2.03. The van der Waals surface area contributed by atoms with Gasteiger partial charge in [0.25, 0.3) is 5.91 Å². The summed E-state index contributed by atoms with van der Waals surface area (Å²) >= 11 is 0. The van der Waals surface area contributed by atoms with Gasteiger partial charge in [-0.3, -0.25) is 9.89 Å². The molecule has 0 saturated heterocycles. The molecule has 24 heavy (non-hydrogen) atoms. The molecule has 0 fully saturated rings. The van der Waals surface area contributed by atoms with Crippen LogP contribution in [0.2, 0.25) is 0 Å². The first-order valence-electron chi connectivity index (χ1n) is 7.47. The molecule has 0 aliphatic rings. The number of benzene rings is 1. The van der Waals surface area contributed by atoms with E-state index >= 15 is 0 Å². The van der Waals surface area contributed by atoms with Gasteiger partial charge in [-0.2, -0.15) is 5.10 Å². The molecule has 3 N–H and O–H groups in total. The summed E-state index contributed by atoms with van der Waals surface area (Å²) in [6.45, 7) is 2.53. The van der Waals surface area contributed by atoms with Crippen molar-refractivity contribution in [2.75, 3.05) is 12.8 Å². The van der Waals surface area contributed by atoms with Crippen LogP contribution in [0.3, 0.4) is 0 Å². The lowest BCUT2D eigenvalue weighted by Gasteiger charge is -2.18. The molecular weight excluding hydrogens is 304 g/mol. The first kappa shape index (κ1) is 15.7. The first-order valence-corrected chi connectivity index (χ1v) is 7.47. The molecule has 0 aliphatic heterocycles. The number of nitrogen functional groups attached to an aromatic ring is 1. The van der Waals surface area contributed by atoms with Gasteiger partial charge in [0.2, 0.25) is 5.95 Å². The van der Waals surface area contributed by atoms with Gasteiger partial charge in [0.1, 0.15) is 0 Å². The number of nitrogens with two attached hydrogens (primary N) is 1. The van der Waals surface area contributed by atoms with E-state index in [2.05, 4.69) is 20.2 Å². The lowest BCUT2D eigenvalue weighted by atomic mass is 10.0. The van der Waals surface area contributed by atoms with Crippen LogP contribution in [-0.2, 0) is 6.54 Å². The molecule has 0 aliphatic carbocycles. The maximum atomic E-state index is 12.3. The summed E-state index contributed by atoms with van der Waals surface area (Å²) in [6, 6.07) is 7.83. The molecule has 0 bridgehead atoms. The molecule has 1 amide bonds. The normalized spacial score (nSPS) is 10.6. The molecule has 2 aromatic heterocycles. The van der Waals surface area contributed by atoms with Crippen molar-refractivity contribution in [3.63, 3.8) is 0 Å². The van der Waals surface area contributed by atoms with Crippen LogP contribution in [0.15, 0.2) is 42.9 Å². The summed E-state index contributed by atoms with van der Waals surface area (Å²) in [5.74, 6) is 0.176. The van der Waals surface area contributed by atoms with E-state index in [1.807, 2.05) is 31.2 Å². The molecular formula is C17H18N6O. The Balaban J connectivity index is 1.79. The highest BCUT2D eigenvalue weighted by molar-refractivity contribution is 5.93. The summed E-state index contributed by atoms with van der Waals surface area (Å²) in [7, 11) is 1.77. The van der Waals surface area contributed by atoms with E-state index in [4.69, 9.17) is 5.73 Å². The number of amides is 1. The number of carbonyl (C=O) groups excluding carboxylic acids is 1. The Morgan fingerprint density at radius 1 is 1.33 bits per heavy atom. The van der Waals surface area contributed by atoms with Crippen molar-refractivity contribution >= 4 is 11.9 Å². The molecule has 0 spiro atoms. The van der Waals surface area contributed by atoms with Gasteiger partial charge in [0.05, 0.1) is 17.5 Å². The zero-order chi connectivity index (χ0) is 17.1. The number of aryl methyl sites for hydroxylation is 1. The van der Waals surface area contributed by atoms with Crippen LogP contribution in [-0.4, -0.2) is 38.0 Å². The van der Waals surface area contributed by atoms with Crippen molar-refractivity contribution in [2.45, 2.75) is 13.5 Å². The SMILES string of the molecule is Cc1cc(-c2ccnc(N)n2)ccc1CN(C)C(=O)c1cn[nH]c1. The van der Waals surface area contributed by atoms with Crippen molar-refractivity contribution in [3.8, 4) is 11.3 Å². The van der Waals surface area contributed by atoms with Crippen LogP contribution in [0.25, 0.3) is 11.3 Å². The van der Waals surface area contributed by atoms with E-state index in [0.29, 0.717) is 12.1 Å². The molecule has 3 aromatic rings. The van der Waals surface area contributed by atoms with Gasteiger partial charge in [-0.05, 0) is 30.2 Å². The highest BCUT2D eigenvalue weighted by atomic mass is 16.2. The average Bonchev–Trinajstić information content (AvgIpc) is 3.10. The fraction of sp³-hybridized carbons (Fsp3) is 0.176. The van der Waals surface area contributed by atoms with Crippen LogP contribution >= 0.6 is 0 Å².